The molecular weight excluding hydrogens is 492 g/mol. The number of nitrogens with zero attached hydrogens (tertiary/aromatic N) is 1. The molecule has 0 aromatic heterocycles. The molecule has 3 amide bonds. The molecule has 39 heavy (non-hydrogen) atoms. The highest BCUT2D eigenvalue weighted by Crippen LogP contribution is 2.40. The highest BCUT2D eigenvalue weighted by Gasteiger charge is 2.44. The maximum Gasteiger partial charge on any atom is 0.249 e. The quantitative estimate of drug-likeness (QED) is 0.271. The average molecular weight is 541 g/mol. The summed E-state index contributed by atoms with van der Waals surface area (Å²) in [5.41, 5.74) is 13.3. The first-order chi connectivity index (χ1) is 18.4. The summed E-state index contributed by atoms with van der Waals surface area (Å²) >= 11 is 0. The fourth-order valence-corrected chi connectivity index (χ4v) is 5.10. The van der Waals surface area contributed by atoms with Crippen LogP contribution in [0.25, 0.3) is 0 Å². The van der Waals surface area contributed by atoms with Gasteiger partial charge in [-0.3, -0.25) is 14.4 Å². The second-order valence-electron chi connectivity index (χ2n) is 11.3. The topological polar surface area (TPSA) is 139 Å². The lowest BCUT2D eigenvalue weighted by molar-refractivity contribution is -0.131. The van der Waals surface area contributed by atoms with E-state index in [1.807, 2.05) is 45.0 Å². The number of amides is 3. The van der Waals surface area contributed by atoms with Crippen molar-refractivity contribution in [3.8, 4) is 0 Å². The highest BCUT2D eigenvalue weighted by molar-refractivity contribution is 6.03. The zero-order chi connectivity index (χ0) is 29.2. The number of rotatable bonds is 15. The Balaban J connectivity index is 2.44. The molecule has 1 aromatic carbocycles. The van der Waals surface area contributed by atoms with E-state index in [0.717, 1.165) is 30.4 Å². The molecule has 0 heterocycles. The molecule has 0 radical (unpaired) electrons. The van der Waals surface area contributed by atoms with E-state index in [4.69, 9.17) is 11.5 Å². The van der Waals surface area contributed by atoms with Crippen molar-refractivity contribution in [3.05, 3.63) is 58.7 Å². The van der Waals surface area contributed by atoms with Gasteiger partial charge in [-0.05, 0) is 63.0 Å². The van der Waals surface area contributed by atoms with Crippen LogP contribution in [0, 0.1) is 18.3 Å². The van der Waals surface area contributed by atoms with E-state index < -0.39 is 23.5 Å². The fraction of sp³-hybridized carbons (Fsp3) is 0.581. The predicted molar refractivity (Wildman–Crippen MR) is 156 cm³/mol. The SMILES string of the molecule is CCCN(CCC)C(=O)C1=CC(C(N)=O)=CC(C[C@@H](O)[C@@H](N)Cc2cccc(C)c2)(C(=O)NCCC(C)C)C1. The summed E-state index contributed by atoms with van der Waals surface area (Å²) < 4.78 is 0. The number of nitrogens with two attached hydrogens (primary N) is 2. The van der Waals surface area contributed by atoms with Crippen LogP contribution < -0.4 is 16.8 Å². The number of aliphatic hydroxyl groups is 1. The van der Waals surface area contributed by atoms with E-state index in [1.54, 1.807) is 4.90 Å². The van der Waals surface area contributed by atoms with Gasteiger partial charge in [0.25, 0.3) is 0 Å². The van der Waals surface area contributed by atoms with Gasteiger partial charge in [0.1, 0.15) is 0 Å². The Hall–Kier alpha value is -2.97. The van der Waals surface area contributed by atoms with Crippen LogP contribution in [-0.2, 0) is 20.8 Å². The smallest absolute Gasteiger partial charge is 0.249 e. The molecule has 1 unspecified atom stereocenters. The molecule has 0 fully saturated rings. The molecule has 8 nitrogen and oxygen atoms in total. The van der Waals surface area contributed by atoms with Crippen LogP contribution in [0.3, 0.4) is 0 Å². The number of hydrogen-bond donors (Lipinski definition) is 4. The van der Waals surface area contributed by atoms with Gasteiger partial charge in [-0.15, -0.1) is 0 Å². The Labute approximate surface area is 233 Å². The van der Waals surface area contributed by atoms with E-state index in [-0.39, 0.29) is 30.2 Å². The molecule has 0 aliphatic heterocycles. The lowest BCUT2D eigenvalue weighted by atomic mass is 9.70. The summed E-state index contributed by atoms with van der Waals surface area (Å²) in [6, 6.07) is 7.25. The van der Waals surface area contributed by atoms with Crippen molar-refractivity contribution in [1.82, 2.24) is 10.2 Å². The first kappa shape index (κ1) is 32.2. The third-order valence-corrected chi connectivity index (χ3v) is 7.18. The summed E-state index contributed by atoms with van der Waals surface area (Å²) in [6.07, 6.45) is 4.73. The van der Waals surface area contributed by atoms with Crippen molar-refractivity contribution in [1.29, 1.82) is 0 Å². The van der Waals surface area contributed by atoms with Gasteiger partial charge < -0.3 is 26.8 Å². The van der Waals surface area contributed by atoms with Crippen molar-refractivity contribution >= 4 is 17.7 Å². The molecule has 0 bridgehead atoms. The zero-order valence-corrected chi connectivity index (χ0v) is 24.3. The molecule has 2 rings (SSSR count). The Morgan fingerprint density at radius 2 is 1.82 bits per heavy atom. The molecule has 0 spiro atoms. The molecule has 0 saturated carbocycles. The van der Waals surface area contributed by atoms with Crippen LogP contribution in [0.4, 0.5) is 0 Å². The van der Waals surface area contributed by atoms with Gasteiger partial charge in [0.15, 0.2) is 0 Å². The third-order valence-electron chi connectivity index (χ3n) is 7.18. The second kappa shape index (κ2) is 15.0. The van der Waals surface area contributed by atoms with Gasteiger partial charge in [0, 0.05) is 36.8 Å². The average Bonchev–Trinajstić information content (AvgIpc) is 2.87. The van der Waals surface area contributed by atoms with Crippen LogP contribution in [0.15, 0.2) is 47.6 Å². The minimum Gasteiger partial charge on any atom is -0.391 e. The maximum atomic E-state index is 13.8. The van der Waals surface area contributed by atoms with Crippen molar-refractivity contribution in [2.45, 2.75) is 85.3 Å². The predicted octanol–water partition coefficient (Wildman–Crippen LogP) is 3.15. The summed E-state index contributed by atoms with van der Waals surface area (Å²) in [7, 11) is 0. The Morgan fingerprint density at radius 3 is 2.38 bits per heavy atom. The van der Waals surface area contributed by atoms with E-state index in [0.29, 0.717) is 37.5 Å². The van der Waals surface area contributed by atoms with Crippen LogP contribution in [0.2, 0.25) is 0 Å². The number of carbonyl (C=O) groups excluding carboxylic acids is 3. The first-order valence-corrected chi connectivity index (χ1v) is 14.2. The number of primary amides is 1. The van der Waals surface area contributed by atoms with Crippen molar-refractivity contribution in [3.63, 3.8) is 0 Å². The number of nitrogens with one attached hydrogen (secondary N) is 1. The van der Waals surface area contributed by atoms with Crippen molar-refractivity contribution in [2.75, 3.05) is 19.6 Å². The van der Waals surface area contributed by atoms with E-state index >= 15 is 0 Å². The Bertz CT molecular complexity index is 1060. The zero-order valence-electron chi connectivity index (χ0n) is 24.3. The van der Waals surface area contributed by atoms with Crippen molar-refractivity contribution in [2.24, 2.45) is 22.8 Å². The Kier molecular flexibility index (Phi) is 12.4. The molecule has 1 aliphatic rings. The molecule has 8 heteroatoms. The molecule has 3 atom stereocenters. The van der Waals surface area contributed by atoms with Gasteiger partial charge in [0.2, 0.25) is 17.7 Å². The number of benzene rings is 1. The molecule has 1 aliphatic carbocycles. The van der Waals surface area contributed by atoms with E-state index in [1.165, 1.54) is 12.2 Å². The lowest BCUT2D eigenvalue weighted by Gasteiger charge is -2.37. The minimum atomic E-state index is -1.35. The molecule has 0 saturated heterocycles. The normalized spacial score (nSPS) is 18.7. The van der Waals surface area contributed by atoms with Crippen LogP contribution in [-0.4, -0.2) is 59.5 Å². The number of aryl methyl sites for hydroxylation is 1. The van der Waals surface area contributed by atoms with E-state index in [9.17, 15) is 19.5 Å². The third kappa shape index (κ3) is 9.32. The van der Waals surface area contributed by atoms with E-state index in [2.05, 4.69) is 19.2 Å². The summed E-state index contributed by atoms with van der Waals surface area (Å²) in [5, 5.41) is 14.3. The highest BCUT2D eigenvalue weighted by atomic mass is 16.3. The lowest BCUT2D eigenvalue weighted by Crippen LogP contribution is -2.49. The van der Waals surface area contributed by atoms with Crippen molar-refractivity contribution < 1.29 is 19.5 Å². The minimum absolute atomic E-state index is 0.0452. The molecular formula is C31H48N4O4. The summed E-state index contributed by atoms with van der Waals surface area (Å²) in [5.74, 6) is -0.912. The summed E-state index contributed by atoms with van der Waals surface area (Å²) in [6.45, 7) is 11.7. The van der Waals surface area contributed by atoms with Gasteiger partial charge in [-0.25, -0.2) is 0 Å². The molecule has 1 aromatic rings. The number of aliphatic hydroxyl groups excluding tert-OH is 1. The standard InChI is InChI=1S/C31H48N4O4/c1-6-13-35(14-7-2)29(38)25-17-24(28(33)37)18-31(19-25,30(39)34-12-11-21(3)4)20-27(36)26(32)16-23-10-8-9-22(5)15-23/h8-10,15,17-18,21,26-27,36H,6-7,11-14,16,19-20,32H2,1-5H3,(H2,33,37)(H,34,39)/t26-,27+,31?/m0/s1. The van der Waals surface area contributed by atoms with Gasteiger partial charge in [-0.1, -0.05) is 63.6 Å². The van der Waals surface area contributed by atoms with Gasteiger partial charge in [-0.2, -0.15) is 0 Å². The first-order valence-electron chi connectivity index (χ1n) is 14.2. The Morgan fingerprint density at radius 1 is 1.15 bits per heavy atom. The van der Waals surface area contributed by atoms with Gasteiger partial charge >= 0.3 is 0 Å². The molecule has 6 N–H and O–H groups in total. The maximum absolute atomic E-state index is 13.8. The van der Waals surface area contributed by atoms with Crippen LogP contribution in [0.1, 0.15) is 70.9 Å². The largest absolute Gasteiger partial charge is 0.391 e. The summed E-state index contributed by atoms with van der Waals surface area (Å²) in [4.78, 5) is 41.6. The number of carbonyl (C=O) groups is 3. The van der Waals surface area contributed by atoms with Crippen LogP contribution in [0.5, 0.6) is 0 Å². The fourth-order valence-electron chi connectivity index (χ4n) is 5.10. The van der Waals surface area contributed by atoms with Crippen LogP contribution >= 0.6 is 0 Å². The number of hydrogen-bond acceptors (Lipinski definition) is 5. The second-order valence-corrected chi connectivity index (χ2v) is 11.3. The van der Waals surface area contributed by atoms with Gasteiger partial charge in [0.05, 0.1) is 11.5 Å². The monoisotopic (exact) mass is 540 g/mol. The molecule has 216 valence electrons.